The highest BCUT2D eigenvalue weighted by Crippen LogP contribution is 2.10. The van der Waals surface area contributed by atoms with Gasteiger partial charge < -0.3 is 10.4 Å². The molecule has 0 fully saturated rings. The first kappa shape index (κ1) is 12.9. The molecule has 16 heavy (non-hydrogen) atoms. The normalized spacial score (nSPS) is 10.2. The molecule has 0 spiro atoms. The topological polar surface area (TPSA) is 62.2 Å². The van der Waals surface area contributed by atoms with Crippen LogP contribution in [0.3, 0.4) is 0 Å². The van der Waals surface area contributed by atoms with E-state index >= 15 is 0 Å². The Morgan fingerprint density at radius 2 is 2.25 bits per heavy atom. The third kappa shape index (κ3) is 4.16. The Morgan fingerprint density at radius 1 is 1.50 bits per heavy atom. The van der Waals surface area contributed by atoms with E-state index in [1.54, 1.807) is 13.0 Å². The molecule has 0 unspecified atom stereocenters. The number of hydrogen-bond donors (Lipinski definition) is 2. The van der Waals surface area contributed by atoms with Crippen molar-refractivity contribution in [3.05, 3.63) is 28.5 Å². The van der Waals surface area contributed by atoms with Crippen LogP contribution in [0.1, 0.15) is 28.9 Å². The van der Waals surface area contributed by atoms with E-state index < -0.39 is 0 Å². The molecule has 88 valence electrons. The Hall–Kier alpha value is -1.13. The highest BCUT2D eigenvalue weighted by Gasteiger charge is 2.06. The SMILES string of the molecule is Cc1cc(C(=O)NCCCCO)cc(Cl)n1. The molecule has 0 saturated carbocycles. The first-order valence-electron chi connectivity index (χ1n) is 5.16. The number of aliphatic hydroxyl groups excluding tert-OH is 1. The molecule has 1 heterocycles. The van der Waals surface area contributed by atoms with Gasteiger partial charge >= 0.3 is 0 Å². The maximum absolute atomic E-state index is 11.7. The Morgan fingerprint density at radius 3 is 2.88 bits per heavy atom. The molecule has 1 aromatic rings. The lowest BCUT2D eigenvalue weighted by Crippen LogP contribution is -2.24. The number of amides is 1. The van der Waals surface area contributed by atoms with Gasteiger partial charge in [0, 0.05) is 24.4 Å². The summed E-state index contributed by atoms with van der Waals surface area (Å²) in [6.45, 7) is 2.49. The van der Waals surface area contributed by atoms with E-state index in [4.69, 9.17) is 16.7 Å². The molecule has 0 aliphatic rings. The summed E-state index contributed by atoms with van der Waals surface area (Å²) in [5.74, 6) is -0.162. The Balaban J connectivity index is 2.52. The average molecular weight is 243 g/mol. The molecule has 0 bridgehead atoms. The van der Waals surface area contributed by atoms with Gasteiger partial charge in [-0.1, -0.05) is 11.6 Å². The third-order valence-corrected chi connectivity index (χ3v) is 2.25. The fraction of sp³-hybridized carbons (Fsp3) is 0.455. The van der Waals surface area contributed by atoms with Crippen LogP contribution in [0.15, 0.2) is 12.1 Å². The predicted octanol–water partition coefficient (Wildman–Crippen LogP) is 1.55. The summed E-state index contributed by atoms with van der Waals surface area (Å²) in [5, 5.41) is 11.7. The zero-order valence-electron chi connectivity index (χ0n) is 9.16. The monoisotopic (exact) mass is 242 g/mol. The largest absolute Gasteiger partial charge is 0.396 e. The van der Waals surface area contributed by atoms with Crippen LogP contribution in [0.25, 0.3) is 0 Å². The molecule has 2 N–H and O–H groups in total. The lowest BCUT2D eigenvalue weighted by molar-refractivity contribution is 0.0952. The van der Waals surface area contributed by atoms with Crippen molar-refractivity contribution >= 4 is 17.5 Å². The Kier molecular flexibility index (Phi) is 5.22. The molecule has 1 rings (SSSR count). The number of rotatable bonds is 5. The van der Waals surface area contributed by atoms with Crippen LogP contribution in [-0.4, -0.2) is 29.1 Å². The minimum absolute atomic E-state index is 0.149. The second kappa shape index (κ2) is 6.45. The molecule has 0 saturated heterocycles. The average Bonchev–Trinajstić information content (AvgIpc) is 2.22. The number of aryl methyl sites for hydroxylation is 1. The van der Waals surface area contributed by atoms with E-state index in [2.05, 4.69) is 10.3 Å². The zero-order chi connectivity index (χ0) is 12.0. The van der Waals surface area contributed by atoms with Gasteiger partial charge in [0.15, 0.2) is 0 Å². The van der Waals surface area contributed by atoms with Gasteiger partial charge in [-0.15, -0.1) is 0 Å². The van der Waals surface area contributed by atoms with Gasteiger partial charge in [0.1, 0.15) is 5.15 Å². The van der Waals surface area contributed by atoms with Gasteiger partial charge in [-0.3, -0.25) is 4.79 Å². The lowest BCUT2D eigenvalue weighted by Gasteiger charge is -2.05. The number of unbranched alkanes of at least 4 members (excludes halogenated alkanes) is 1. The molecule has 4 nitrogen and oxygen atoms in total. The van der Waals surface area contributed by atoms with Gasteiger partial charge in [0.25, 0.3) is 5.91 Å². The highest BCUT2D eigenvalue weighted by atomic mass is 35.5. The summed E-state index contributed by atoms with van der Waals surface area (Å²) in [4.78, 5) is 15.6. The van der Waals surface area contributed by atoms with Gasteiger partial charge in [0.2, 0.25) is 0 Å². The summed E-state index contributed by atoms with van der Waals surface area (Å²) in [6, 6.07) is 3.23. The predicted molar refractivity (Wildman–Crippen MR) is 62.6 cm³/mol. The fourth-order valence-electron chi connectivity index (χ4n) is 1.30. The van der Waals surface area contributed by atoms with E-state index in [0.29, 0.717) is 29.4 Å². The van der Waals surface area contributed by atoms with Crippen LogP contribution in [0.2, 0.25) is 5.15 Å². The molecule has 1 amide bonds. The van der Waals surface area contributed by atoms with E-state index in [-0.39, 0.29) is 12.5 Å². The number of pyridine rings is 1. The van der Waals surface area contributed by atoms with Crippen molar-refractivity contribution in [2.45, 2.75) is 19.8 Å². The van der Waals surface area contributed by atoms with Gasteiger partial charge in [-0.05, 0) is 31.9 Å². The Labute approximate surface area is 99.6 Å². The number of halogens is 1. The van der Waals surface area contributed by atoms with Gasteiger partial charge in [-0.25, -0.2) is 4.98 Å². The summed E-state index contributed by atoms with van der Waals surface area (Å²) < 4.78 is 0. The van der Waals surface area contributed by atoms with E-state index in [1.165, 1.54) is 6.07 Å². The minimum atomic E-state index is -0.162. The van der Waals surface area contributed by atoms with Crippen LogP contribution < -0.4 is 5.32 Å². The second-order valence-electron chi connectivity index (χ2n) is 3.51. The summed E-state index contributed by atoms with van der Waals surface area (Å²) >= 11 is 5.75. The van der Waals surface area contributed by atoms with E-state index in [0.717, 1.165) is 6.42 Å². The fourth-order valence-corrected chi connectivity index (χ4v) is 1.55. The molecular weight excluding hydrogens is 228 g/mol. The van der Waals surface area contributed by atoms with Crippen LogP contribution in [0, 0.1) is 6.92 Å². The van der Waals surface area contributed by atoms with Crippen molar-refractivity contribution in [2.75, 3.05) is 13.2 Å². The van der Waals surface area contributed by atoms with Crippen molar-refractivity contribution in [1.82, 2.24) is 10.3 Å². The maximum Gasteiger partial charge on any atom is 0.251 e. The number of nitrogens with one attached hydrogen (secondary N) is 1. The number of nitrogens with zero attached hydrogens (tertiary/aromatic N) is 1. The molecule has 5 heteroatoms. The van der Waals surface area contributed by atoms with Crippen LogP contribution in [-0.2, 0) is 0 Å². The Bertz CT molecular complexity index is 349. The third-order valence-electron chi connectivity index (χ3n) is 2.05. The van der Waals surface area contributed by atoms with Crippen LogP contribution >= 0.6 is 11.6 Å². The lowest BCUT2D eigenvalue weighted by atomic mass is 10.2. The molecule has 0 radical (unpaired) electrons. The second-order valence-corrected chi connectivity index (χ2v) is 3.89. The van der Waals surface area contributed by atoms with Crippen molar-refractivity contribution in [1.29, 1.82) is 0 Å². The molecular formula is C11H15ClN2O2. The van der Waals surface area contributed by atoms with Crippen molar-refractivity contribution < 1.29 is 9.90 Å². The van der Waals surface area contributed by atoms with Crippen LogP contribution in [0.4, 0.5) is 0 Å². The van der Waals surface area contributed by atoms with E-state index in [9.17, 15) is 4.79 Å². The molecule has 0 aliphatic carbocycles. The standard InChI is InChI=1S/C11H15ClN2O2/c1-8-6-9(7-10(12)14-8)11(16)13-4-2-3-5-15/h6-7,15H,2-5H2,1H3,(H,13,16). The van der Waals surface area contributed by atoms with E-state index in [1.807, 2.05) is 0 Å². The number of carbonyl (C=O) groups is 1. The van der Waals surface area contributed by atoms with Crippen molar-refractivity contribution in [2.24, 2.45) is 0 Å². The highest BCUT2D eigenvalue weighted by molar-refractivity contribution is 6.29. The smallest absolute Gasteiger partial charge is 0.251 e. The van der Waals surface area contributed by atoms with Gasteiger partial charge in [0.05, 0.1) is 0 Å². The molecule has 0 aliphatic heterocycles. The molecule has 1 aromatic heterocycles. The van der Waals surface area contributed by atoms with Crippen LogP contribution in [0.5, 0.6) is 0 Å². The first-order valence-corrected chi connectivity index (χ1v) is 5.54. The number of aliphatic hydroxyl groups is 1. The molecule has 0 atom stereocenters. The maximum atomic E-state index is 11.7. The first-order chi connectivity index (χ1) is 7.63. The van der Waals surface area contributed by atoms with Gasteiger partial charge in [-0.2, -0.15) is 0 Å². The minimum Gasteiger partial charge on any atom is -0.396 e. The summed E-state index contributed by atoms with van der Waals surface area (Å²) in [7, 11) is 0. The van der Waals surface area contributed by atoms with Crippen molar-refractivity contribution in [3.63, 3.8) is 0 Å². The summed E-state index contributed by atoms with van der Waals surface area (Å²) in [6.07, 6.45) is 1.45. The molecule has 0 aromatic carbocycles. The zero-order valence-corrected chi connectivity index (χ0v) is 9.92. The number of carbonyl (C=O) groups excluding carboxylic acids is 1. The summed E-state index contributed by atoms with van der Waals surface area (Å²) in [5.41, 5.74) is 1.23. The quantitative estimate of drug-likeness (QED) is 0.608. The number of aromatic nitrogens is 1. The van der Waals surface area contributed by atoms with Crippen molar-refractivity contribution in [3.8, 4) is 0 Å². The number of hydrogen-bond acceptors (Lipinski definition) is 3.